The number of primary amides is 1. The predicted molar refractivity (Wildman–Crippen MR) is 106 cm³/mol. The smallest absolute Gasteiger partial charge is 0.317 e. The van der Waals surface area contributed by atoms with Gasteiger partial charge in [-0.15, -0.1) is 0 Å². The molecule has 1 aromatic carbocycles. The van der Waals surface area contributed by atoms with E-state index in [2.05, 4.69) is 5.32 Å². The van der Waals surface area contributed by atoms with Gasteiger partial charge in [-0.05, 0) is 31.2 Å². The SMILES string of the molecule is CC[C@H](C(=O)N1CCC(NC(=O)N2CC[C@@H](C(N)=O)C2)CC1)c1ccccc1. The molecule has 2 fully saturated rings. The number of amides is 4. The summed E-state index contributed by atoms with van der Waals surface area (Å²) in [5.41, 5.74) is 6.39. The fraction of sp³-hybridized carbons (Fsp3) is 0.571. The molecule has 0 spiro atoms. The molecule has 4 amide bonds. The number of piperidine rings is 1. The highest BCUT2D eigenvalue weighted by molar-refractivity contribution is 5.84. The minimum absolute atomic E-state index is 0.0565. The van der Waals surface area contributed by atoms with Crippen LogP contribution < -0.4 is 11.1 Å². The largest absolute Gasteiger partial charge is 0.369 e. The lowest BCUT2D eigenvalue weighted by Crippen LogP contribution is -2.50. The van der Waals surface area contributed by atoms with Crippen LogP contribution in [0.1, 0.15) is 44.1 Å². The number of carbonyl (C=O) groups excluding carboxylic acids is 3. The van der Waals surface area contributed by atoms with Crippen LogP contribution in [0.25, 0.3) is 0 Å². The average Bonchev–Trinajstić information content (AvgIpc) is 3.21. The third-order valence-electron chi connectivity index (χ3n) is 5.92. The molecule has 7 heteroatoms. The van der Waals surface area contributed by atoms with Crippen molar-refractivity contribution in [3.8, 4) is 0 Å². The van der Waals surface area contributed by atoms with Crippen LogP contribution in [0.3, 0.4) is 0 Å². The normalized spacial score (nSPS) is 21.4. The van der Waals surface area contributed by atoms with Crippen molar-refractivity contribution in [2.24, 2.45) is 11.7 Å². The van der Waals surface area contributed by atoms with Crippen LogP contribution in [0.15, 0.2) is 30.3 Å². The molecular formula is C21H30N4O3. The molecule has 0 bridgehead atoms. The molecule has 2 heterocycles. The Morgan fingerprint density at radius 1 is 1.07 bits per heavy atom. The van der Waals surface area contributed by atoms with Crippen LogP contribution >= 0.6 is 0 Å². The topological polar surface area (TPSA) is 95.7 Å². The van der Waals surface area contributed by atoms with Crippen molar-refractivity contribution >= 4 is 17.8 Å². The Balaban J connectivity index is 1.48. The van der Waals surface area contributed by atoms with E-state index in [9.17, 15) is 14.4 Å². The van der Waals surface area contributed by atoms with Crippen LogP contribution in [0, 0.1) is 5.92 Å². The molecule has 0 unspecified atom stereocenters. The summed E-state index contributed by atoms with van der Waals surface area (Å²) in [5, 5.41) is 3.05. The first kappa shape index (κ1) is 20.2. The van der Waals surface area contributed by atoms with E-state index in [-0.39, 0.29) is 35.7 Å². The summed E-state index contributed by atoms with van der Waals surface area (Å²) in [6, 6.07) is 9.83. The van der Waals surface area contributed by atoms with Gasteiger partial charge < -0.3 is 20.9 Å². The quantitative estimate of drug-likeness (QED) is 0.806. The Morgan fingerprint density at radius 3 is 2.29 bits per heavy atom. The molecule has 2 aliphatic heterocycles. The van der Waals surface area contributed by atoms with E-state index < -0.39 is 0 Å². The Labute approximate surface area is 166 Å². The molecule has 0 saturated carbocycles. The number of hydrogen-bond acceptors (Lipinski definition) is 3. The summed E-state index contributed by atoms with van der Waals surface area (Å²) < 4.78 is 0. The summed E-state index contributed by atoms with van der Waals surface area (Å²) in [6.07, 6.45) is 2.90. The minimum Gasteiger partial charge on any atom is -0.369 e. The zero-order valence-corrected chi connectivity index (χ0v) is 16.5. The van der Waals surface area contributed by atoms with Gasteiger partial charge in [0.1, 0.15) is 0 Å². The number of rotatable bonds is 5. The van der Waals surface area contributed by atoms with E-state index in [0.717, 1.165) is 24.8 Å². The summed E-state index contributed by atoms with van der Waals surface area (Å²) in [6.45, 7) is 4.30. The van der Waals surface area contributed by atoms with Gasteiger partial charge in [-0.1, -0.05) is 37.3 Å². The summed E-state index contributed by atoms with van der Waals surface area (Å²) >= 11 is 0. The van der Waals surface area contributed by atoms with Gasteiger partial charge in [0.2, 0.25) is 11.8 Å². The molecule has 0 aromatic heterocycles. The molecule has 7 nitrogen and oxygen atoms in total. The van der Waals surface area contributed by atoms with Gasteiger partial charge in [-0.2, -0.15) is 0 Å². The minimum atomic E-state index is -0.342. The van der Waals surface area contributed by atoms with Crippen LogP contribution in [-0.2, 0) is 9.59 Å². The fourth-order valence-corrected chi connectivity index (χ4v) is 4.15. The average molecular weight is 386 g/mol. The summed E-state index contributed by atoms with van der Waals surface area (Å²) in [5.74, 6) is -0.523. The van der Waals surface area contributed by atoms with Crippen molar-refractivity contribution in [2.75, 3.05) is 26.2 Å². The Kier molecular flexibility index (Phi) is 6.54. The van der Waals surface area contributed by atoms with E-state index in [1.54, 1.807) is 4.90 Å². The maximum atomic E-state index is 13.0. The van der Waals surface area contributed by atoms with Gasteiger partial charge in [0.15, 0.2) is 0 Å². The van der Waals surface area contributed by atoms with Crippen LogP contribution in [0.2, 0.25) is 0 Å². The number of hydrogen-bond donors (Lipinski definition) is 2. The van der Waals surface area contributed by atoms with E-state index in [1.807, 2.05) is 42.2 Å². The van der Waals surface area contributed by atoms with Gasteiger partial charge in [0.05, 0.1) is 11.8 Å². The molecule has 1 aromatic rings. The van der Waals surface area contributed by atoms with E-state index >= 15 is 0 Å². The van der Waals surface area contributed by atoms with Crippen molar-refractivity contribution < 1.29 is 14.4 Å². The van der Waals surface area contributed by atoms with Gasteiger partial charge in [-0.25, -0.2) is 4.79 Å². The van der Waals surface area contributed by atoms with Crippen molar-refractivity contribution in [1.29, 1.82) is 0 Å². The first-order valence-electron chi connectivity index (χ1n) is 10.2. The molecule has 28 heavy (non-hydrogen) atoms. The highest BCUT2D eigenvalue weighted by Crippen LogP contribution is 2.24. The van der Waals surface area contributed by atoms with Crippen molar-refractivity contribution in [2.45, 2.75) is 44.6 Å². The van der Waals surface area contributed by atoms with Crippen molar-refractivity contribution in [3.63, 3.8) is 0 Å². The lowest BCUT2D eigenvalue weighted by atomic mass is 9.93. The first-order chi connectivity index (χ1) is 13.5. The molecule has 0 radical (unpaired) electrons. The maximum Gasteiger partial charge on any atom is 0.317 e. The highest BCUT2D eigenvalue weighted by atomic mass is 16.2. The Bertz CT molecular complexity index is 701. The fourth-order valence-electron chi connectivity index (χ4n) is 4.15. The second kappa shape index (κ2) is 9.08. The van der Waals surface area contributed by atoms with Gasteiger partial charge in [-0.3, -0.25) is 9.59 Å². The highest BCUT2D eigenvalue weighted by Gasteiger charge is 2.32. The number of carbonyl (C=O) groups is 3. The molecule has 3 N–H and O–H groups in total. The third-order valence-corrected chi connectivity index (χ3v) is 5.92. The van der Waals surface area contributed by atoms with E-state index in [1.165, 1.54) is 0 Å². The standard InChI is InChI=1S/C21H30N4O3/c1-2-18(15-6-4-3-5-7-15)20(27)24-12-9-17(10-13-24)23-21(28)25-11-8-16(14-25)19(22)26/h3-7,16-18H,2,8-14H2,1H3,(H2,22,26)(H,23,28)/t16-,18+/m1/s1. The lowest BCUT2D eigenvalue weighted by Gasteiger charge is -2.35. The molecular weight excluding hydrogens is 356 g/mol. The van der Waals surface area contributed by atoms with Crippen molar-refractivity contribution in [1.82, 2.24) is 15.1 Å². The predicted octanol–water partition coefficient (Wildman–Crippen LogP) is 1.69. The Hall–Kier alpha value is -2.57. The van der Waals surface area contributed by atoms with E-state index in [4.69, 9.17) is 5.73 Å². The molecule has 2 saturated heterocycles. The van der Waals surface area contributed by atoms with E-state index in [0.29, 0.717) is 32.6 Å². The summed E-state index contributed by atoms with van der Waals surface area (Å²) in [7, 11) is 0. The number of nitrogens with one attached hydrogen (secondary N) is 1. The Morgan fingerprint density at radius 2 is 1.71 bits per heavy atom. The van der Waals surface area contributed by atoms with Gasteiger partial charge >= 0.3 is 6.03 Å². The molecule has 2 atom stereocenters. The zero-order valence-electron chi connectivity index (χ0n) is 16.5. The molecule has 2 aliphatic rings. The number of nitrogens with two attached hydrogens (primary N) is 1. The van der Waals surface area contributed by atoms with Gasteiger partial charge in [0.25, 0.3) is 0 Å². The molecule has 3 rings (SSSR count). The number of nitrogens with zero attached hydrogens (tertiary/aromatic N) is 2. The second-order valence-corrected chi connectivity index (χ2v) is 7.75. The lowest BCUT2D eigenvalue weighted by molar-refractivity contribution is -0.134. The first-order valence-corrected chi connectivity index (χ1v) is 10.2. The second-order valence-electron chi connectivity index (χ2n) is 7.75. The van der Waals surface area contributed by atoms with Crippen LogP contribution in [-0.4, -0.2) is 59.9 Å². The van der Waals surface area contributed by atoms with Crippen LogP contribution in [0.4, 0.5) is 4.79 Å². The number of urea groups is 1. The van der Waals surface area contributed by atoms with Crippen LogP contribution in [0.5, 0.6) is 0 Å². The maximum absolute atomic E-state index is 13.0. The number of benzene rings is 1. The number of likely N-dealkylation sites (tertiary alicyclic amines) is 2. The van der Waals surface area contributed by atoms with Crippen molar-refractivity contribution in [3.05, 3.63) is 35.9 Å². The van der Waals surface area contributed by atoms with Gasteiger partial charge in [0, 0.05) is 32.2 Å². The third kappa shape index (κ3) is 4.64. The zero-order chi connectivity index (χ0) is 20.1. The molecule has 152 valence electrons. The summed E-state index contributed by atoms with van der Waals surface area (Å²) in [4.78, 5) is 40.2. The molecule has 0 aliphatic carbocycles. The monoisotopic (exact) mass is 386 g/mol.